The molecule has 7 heteroatoms. The first-order chi connectivity index (χ1) is 6.88. The van der Waals surface area contributed by atoms with E-state index in [1.807, 2.05) is 6.92 Å². The van der Waals surface area contributed by atoms with E-state index in [1.165, 1.54) is 6.07 Å². The molecule has 0 atom stereocenters. The Hall–Kier alpha value is -1.14. The molecule has 0 spiro atoms. The van der Waals surface area contributed by atoms with E-state index in [0.717, 1.165) is 5.56 Å². The molecule has 0 amide bonds. The molecule has 0 radical (unpaired) electrons. The number of aryl methyl sites for hydroxylation is 1. The highest BCUT2D eigenvalue weighted by Crippen LogP contribution is 2.32. The second-order valence-electron chi connectivity index (χ2n) is 3.01. The van der Waals surface area contributed by atoms with Gasteiger partial charge in [-0.25, -0.2) is 8.42 Å². The zero-order valence-corrected chi connectivity index (χ0v) is 9.80. The third-order valence-electron chi connectivity index (χ3n) is 2.09. The van der Waals surface area contributed by atoms with E-state index in [0.29, 0.717) is 5.56 Å². The van der Waals surface area contributed by atoms with Gasteiger partial charge in [0.2, 0.25) is 0 Å². The van der Waals surface area contributed by atoms with Crippen LogP contribution >= 0.6 is 10.7 Å². The fourth-order valence-corrected chi connectivity index (χ4v) is 2.18. The summed E-state index contributed by atoms with van der Waals surface area (Å²) in [6.45, 7) is 3.56. The average Bonchev–Trinajstić information content (AvgIpc) is 2.11. The Balaban J connectivity index is 3.62. The summed E-state index contributed by atoms with van der Waals surface area (Å²) in [5, 5.41) is 6.66. The number of halogens is 1. The summed E-state index contributed by atoms with van der Waals surface area (Å²) in [5.41, 5.74) is 1.76. The maximum absolute atomic E-state index is 11.2. The summed E-state index contributed by atoms with van der Waals surface area (Å²) in [4.78, 5) is -0.0820. The van der Waals surface area contributed by atoms with E-state index in [2.05, 4.69) is 10.3 Å². The number of benzene rings is 1. The van der Waals surface area contributed by atoms with Crippen LogP contribution in [0.25, 0.3) is 0 Å². The number of nitrogens with two attached hydrogens (primary N) is 1. The predicted molar refractivity (Wildman–Crippen MR) is 57.7 cm³/mol. The van der Waals surface area contributed by atoms with Gasteiger partial charge in [0, 0.05) is 10.7 Å². The molecule has 1 rings (SSSR count). The molecular formula is C8H10ClN3O2S. The summed E-state index contributed by atoms with van der Waals surface area (Å²) in [6.07, 6.45) is 0. The quantitative estimate of drug-likeness (QED) is 0.376. The van der Waals surface area contributed by atoms with Crippen LogP contribution < -0.4 is 5.84 Å². The summed E-state index contributed by atoms with van der Waals surface area (Å²) in [5.74, 6) is 4.91. The van der Waals surface area contributed by atoms with E-state index < -0.39 is 9.05 Å². The first-order valence-electron chi connectivity index (χ1n) is 4.03. The molecule has 82 valence electrons. The molecule has 0 saturated carbocycles. The van der Waals surface area contributed by atoms with Crippen LogP contribution in [-0.2, 0) is 9.05 Å². The molecule has 1 aromatic rings. The minimum atomic E-state index is -3.83. The molecule has 0 unspecified atom stereocenters. The molecule has 0 aliphatic rings. The van der Waals surface area contributed by atoms with E-state index in [-0.39, 0.29) is 10.6 Å². The van der Waals surface area contributed by atoms with Crippen LogP contribution in [0.4, 0.5) is 5.69 Å². The summed E-state index contributed by atoms with van der Waals surface area (Å²) in [6, 6.07) is 3.04. The van der Waals surface area contributed by atoms with Crippen LogP contribution in [0, 0.1) is 13.8 Å². The van der Waals surface area contributed by atoms with Gasteiger partial charge >= 0.3 is 0 Å². The van der Waals surface area contributed by atoms with Crippen molar-refractivity contribution in [3.05, 3.63) is 23.3 Å². The van der Waals surface area contributed by atoms with Crippen molar-refractivity contribution >= 4 is 25.4 Å². The van der Waals surface area contributed by atoms with Crippen molar-refractivity contribution in [3.8, 4) is 0 Å². The number of rotatable bonds is 2. The Kier molecular flexibility index (Phi) is 3.31. The van der Waals surface area contributed by atoms with Gasteiger partial charge < -0.3 is 5.84 Å². The van der Waals surface area contributed by atoms with Crippen LogP contribution in [0.3, 0.4) is 0 Å². The van der Waals surface area contributed by atoms with Crippen molar-refractivity contribution in [2.45, 2.75) is 18.7 Å². The molecule has 1 aromatic carbocycles. The molecule has 0 aromatic heterocycles. The van der Waals surface area contributed by atoms with Crippen molar-refractivity contribution in [2.75, 3.05) is 0 Å². The summed E-state index contributed by atoms with van der Waals surface area (Å²) in [7, 11) is 1.42. The van der Waals surface area contributed by atoms with Gasteiger partial charge in [0.15, 0.2) is 0 Å². The van der Waals surface area contributed by atoms with E-state index in [1.54, 1.807) is 13.0 Å². The third kappa shape index (κ3) is 2.45. The van der Waals surface area contributed by atoms with Crippen molar-refractivity contribution in [3.63, 3.8) is 0 Å². The number of nitrogens with zero attached hydrogens (tertiary/aromatic N) is 2. The minimum Gasteiger partial charge on any atom is -0.305 e. The Morgan fingerprint density at radius 1 is 1.33 bits per heavy atom. The molecule has 0 heterocycles. The van der Waals surface area contributed by atoms with Gasteiger partial charge in [-0.2, -0.15) is 0 Å². The predicted octanol–water partition coefficient (Wildman–Crippen LogP) is 2.19. The van der Waals surface area contributed by atoms with Crippen LogP contribution in [0.5, 0.6) is 0 Å². The Morgan fingerprint density at radius 2 is 1.93 bits per heavy atom. The SMILES string of the molecule is Cc1ccc(S(=O)(=O)Cl)c(N=NN)c1C. The maximum Gasteiger partial charge on any atom is 0.263 e. The molecule has 0 fully saturated rings. The first-order valence-corrected chi connectivity index (χ1v) is 6.34. The van der Waals surface area contributed by atoms with Crippen LogP contribution in [0.2, 0.25) is 0 Å². The van der Waals surface area contributed by atoms with Crippen molar-refractivity contribution in [2.24, 2.45) is 16.2 Å². The standard InChI is InChI=1S/C8H10ClN3O2S/c1-5-3-4-7(15(9,13)14)8(6(5)2)11-12-10/h3-4H,1-2H3,(H2,10,11). The van der Waals surface area contributed by atoms with Crippen molar-refractivity contribution in [1.29, 1.82) is 0 Å². The fraction of sp³-hybridized carbons (Fsp3) is 0.250. The molecule has 0 aliphatic heterocycles. The molecule has 2 N–H and O–H groups in total. The Labute approximate surface area is 92.4 Å². The molecule has 0 aliphatic carbocycles. The van der Waals surface area contributed by atoms with Crippen molar-refractivity contribution < 1.29 is 8.42 Å². The highest BCUT2D eigenvalue weighted by Gasteiger charge is 2.18. The lowest BCUT2D eigenvalue weighted by Crippen LogP contribution is -1.95. The lowest BCUT2D eigenvalue weighted by atomic mass is 10.1. The Bertz CT molecular complexity index is 511. The van der Waals surface area contributed by atoms with Gasteiger partial charge in [0.05, 0.1) is 0 Å². The zero-order chi connectivity index (χ0) is 11.6. The van der Waals surface area contributed by atoms with Gasteiger partial charge in [-0.3, -0.25) is 0 Å². The molecular weight excluding hydrogens is 238 g/mol. The van der Waals surface area contributed by atoms with Crippen LogP contribution in [-0.4, -0.2) is 8.42 Å². The zero-order valence-electron chi connectivity index (χ0n) is 8.23. The summed E-state index contributed by atoms with van der Waals surface area (Å²) >= 11 is 0. The van der Waals surface area contributed by atoms with Gasteiger partial charge in [-0.15, -0.1) is 5.11 Å². The second kappa shape index (κ2) is 4.16. The molecule has 0 saturated heterocycles. The third-order valence-corrected chi connectivity index (χ3v) is 3.44. The maximum atomic E-state index is 11.2. The van der Waals surface area contributed by atoms with E-state index in [9.17, 15) is 8.42 Å². The lowest BCUT2D eigenvalue weighted by molar-refractivity contribution is 0.609. The smallest absolute Gasteiger partial charge is 0.263 e. The highest BCUT2D eigenvalue weighted by molar-refractivity contribution is 8.13. The second-order valence-corrected chi connectivity index (χ2v) is 5.54. The average molecular weight is 248 g/mol. The number of hydrogen-bond donors (Lipinski definition) is 1. The largest absolute Gasteiger partial charge is 0.305 e. The van der Waals surface area contributed by atoms with E-state index in [4.69, 9.17) is 16.5 Å². The van der Waals surface area contributed by atoms with Gasteiger partial charge in [-0.05, 0) is 31.0 Å². The van der Waals surface area contributed by atoms with Gasteiger partial charge in [0.1, 0.15) is 10.6 Å². The highest BCUT2D eigenvalue weighted by atomic mass is 35.7. The van der Waals surface area contributed by atoms with Crippen LogP contribution in [0.1, 0.15) is 11.1 Å². The van der Waals surface area contributed by atoms with Gasteiger partial charge in [-0.1, -0.05) is 11.3 Å². The number of hydrogen-bond acceptors (Lipinski definition) is 4. The fourth-order valence-electron chi connectivity index (χ4n) is 1.15. The van der Waals surface area contributed by atoms with Crippen molar-refractivity contribution in [1.82, 2.24) is 0 Å². The normalized spacial score (nSPS) is 12.2. The molecule has 5 nitrogen and oxygen atoms in total. The minimum absolute atomic E-state index is 0.0820. The topological polar surface area (TPSA) is 84.9 Å². The van der Waals surface area contributed by atoms with Gasteiger partial charge in [0.25, 0.3) is 9.05 Å². The summed E-state index contributed by atoms with van der Waals surface area (Å²) < 4.78 is 22.4. The monoisotopic (exact) mass is 247 g/mol. The molecule has 15 heavy (non-hydrogen) atoms. The lowest BCUT2D eigenvalue weighted by Gasteiger charge is -2.06. The Morgan fingerprint density at radius 3 is 2.40 bits per heavy atom. The van der Waals surface area contributed by atoms with Crippen LogP contribution in [0.15, 0.2) is 27.4 Å². The first kappa shape index (κ1) is 11.9. The van der Waals surface area contributed by atoms with E-state index >= 15 is 0 Å². The molecule has 0 bridgehead atoms.